The maximum atomic E-state index is 10.7. The van der Waals surface area contributed by atoms with Crippen molar-refractivity contribution < 1.29 is 35.9 Å². The van der Waals surface area contributed by atoms with Gasteiger partial charge in [0.25, 0.3) is 0 Å². The van der Waals surface area contributed by atoms with Gasteiger partial charge in [-0.15, -0.1) is 6.07 Å². The summed E-state index contributed by atoms with van der Waals surface area (Å²) in [6, 6.07) is 10.2. The van der Waals surface area contributed by atoms with E-state index >= 15 is 0 Å². The predicted octanol–water partition coefficient (Wildman–Crippen LogP) is 1.28. The maximum absolute atomic E-state index is 10.7. The van der Waals surface area contributed by atoms with Crippen LogP contribution < -0.4 is 4.90 Å². The summed E-state index contributed by atoms with van der Waals surface area (Å²) in [6.45, 7) is 3.28. The first-order chi connectivity index (χ1) is 5.22. The van der Waals surface area contributed by atoms with Crippen molar-refractivity contribution in [2.24, 2.45) is 0 Å². The quantitative estimate of drug-likeness (QED) is 0.668. The van der Waals surface area contributed by atoms with Gasteiger partial charge in [-0.2, -0.15) is 24.3 Å². The number of hydrogen-bond donors (Lipinski definition) is 0. The van der Waals surface area contributed by atoms with Crippen molar-refractivity contribution in [2.75, 3.05) is 11.9 Å². The van der Waals surface area contributed by atoms with Crippen LogP contribution in [0.15, 0.2) is 24.3 Å². The van der Waals surface area contributed by atoms with Crippen LogP contribution in [0, 0.1) is 44.1 Å². The average molecular weight is 385 g/mol. The molecule has 0 spiro atoms. The van der Waals surface area contributed by atoms with Gasteiger partial charge in [-0.3, -0.25) is 0 Å². The van der Waals surface area contributed by atoms with Gasteiger partial charge in [0.2, 0.25) is 0 Å². The first-order valence-electron chi connectivity index (χ1n) is 3.28. The van der Waals surface area contributed by atoms with Gasteiger partial charge in [-0.1, -0.05) is 5.69 Å². The van der Waals surface area contributed by atoms with E-state index in [1.807, 2.05) is 18.2 Å². The van der Waals surface area contributed by atoms with Gasteiger partial charge in [-0.05, 0) is 0 Å². The molecule has 0 aliphatic heterocycles. The molecule has 0 aromatic heterocycles. The van der Waals surface area contributed by atoms with Crippen molar-refractivity contribution in [1.29, 1.82) is 0 Å². The summed E-state index contributed by atoms with van der Waals surface area (Å²) in [7, 11) is 1.67. The van der Waals surface area contributed by atoms with Crippen LogP contribution in [0.25, 0.3) is 0 Å². The molecule has 0 saturated heterocycles. The zero-order chi connectivity index (χ0) is 8.27. The van der Waals surface area contributed by atoms with Crippen molar-refractivity contribution >= 4 is 11.6 Å². The van der Waals surface area contributed by atoms with E-state index < -0.39 is 0 Å². The standard InChI is InChI=1S/C9H9NO.U/c1-8(11)10(2)9-6-4-3-5-7-9;/h3-6H,1H2,2H3;/q-2;+2. The van der Waals surface area contributed by atoms with Crippen molar-refractivity contribution in [3.63, 3.8) is 0 Å². The third-order valence-corrected chi connectivity index (χ3v) is 1.43. The predicted molar refractivity (Wildman–Crippen MR) is 44.0 cm³/mol. The zero-order valence-corrected chi connectivity index (χ0v) is 11.0. The van der Waals surface area contributed by atoms with Crippen LogP contribution in [0.1, 0.15) is 0 Å². The SMILES string of the molecule is [CH2-]C(=O)N(C)c1[c-]cccc1.[U+2]. The summed E-state index contributed by atoms with van der Waals surface area (Å²) < 4.78 is 0. The molecular weight excluding hydrogens is 376 g/mol. The van der Waals surface area contributed by atoms with E-state index in [2.05, 4.69) is 13.0 Å². The minimum absolute atomic E-state index is 0. The average Bonchev–Trinajstić information content (AvgIpc) is 2.05. The van der Waals surface area contributed by atoms with E-state index in [1.165, 1.54) is 4.90 Å². The van der Waals surface area contributed by atoms with Crippen LogP contribution >= 0.6 is 0 Å². The van der Waals surface area contributed by atoms with Gasteiger partial charge in [-0.25, -0.2) is 0 Å². The van der Waals surface area contributed by atoms with Crippen LogP contribution in [0.5, 0.6) is 0 Å². The van der Waals surface area contributed by atoms with Gasteiger partial charge in [0.15, 0.2) is 0 Å². The molecule has 1 amide bonds. The number of nitrogens with zero attached hydrogens (tertiary/aromatic N) is 1. The molecule has 12 heavy (non-hydrogen) atoms. The first-order valence-corrected chi connectivity index (χ1v) is 3.28. The fraction of sp³-hybridized carbons (Fsp3) is 0.111. The van der Waals surface area contributed by atoms with E-state index in [1.54, 1.807) is 13.1 Å². The Labute approximate surface area is 96.3 Å². The monoisotopic (exact) mass is 385 g/mol. The van der Waals surface area contributed by atoms with E-state index in [0.29, 0.717) is 0 Å². The minimum atomic E-state index is -0.229. The van der Waals surface area contributed by atoms with Crippen LogP contribution in [0.2, 0.25) is 0 Å². The molecular formula is C9H9NOU. The number of rotatable bonds is 1. The molecule has 60 valence electrons. The Morgan fingerprint density at radius 3 is 2.67 bits per heavy atom. The molecule has 0 heterocycles. The second-order valence-electron chi connectivity index (χ2n) is 2.20. The summed E-state index contributed by atoms with van der Waals surface area (Å²) in [4.78, 5) is 12.2. The molecule has 0 unspecified atom stereocenters. The van der Waals surface area contributed by atoms with Gasteiger partial charge < -0.3 is 16.6 Å². The van der Waals surface area contributed by atoms with Crippen molar-refractivity contribution in [3.05, 3.63) is 37.3 Å². The van der Waals surface area contributed by atoms with Crippen molar-refractivity contribution in [3.8, 4) is 0 Å². The second kappa shape index (κ2) is 5.29. The minimum Gasteiger partial charge on any atom is -0.364 e. The molecule has 0 aliphatic rings. The second-order valence-corrected chi connectivity index (χ2v) is 2.20. The molecule has 1 rings (SSSR count). The number of carbonyl (C=O) groups excluding carboxylic acids is 1. The third kappa shape index (κ3) is 2.92. The summed E-state index contributed by atoms with van der Waals surface area (Å²) in [5.74, 6) is -0.229. The number of carbonyl (C=O) groups is 1. The van der Waals surface area contributed by atoms with E-state index in [9.17, 15) is 4.79 Å². The molecule has 0 aliphatic carbocycles. The fourth-order valence-corrected chi connectivity index (χ4v) is 0.727. The first kappa shape index (κ1) is 11.6. The summed E-state index contributed by atoms with van der Waals surface area (Å²) in [5.41, 5.74) is 0.743. The number of amides is 1. The summed E-state index contributed by atoms with van der Waals surface area (Å²) >= 11 is 0. The van der Waals surface area contributed by atoms with Crippen molar-refractivity contribution in [1.82, 2.24) is 0 Å². The molecule has 0 fully saturated rings. The number of hydrogen-bond acceptors (Lipinski definition) is 1. The Morgan fingerprint density at radius 1 is 1.58 bits per heavy atom. The van der Waals surface area contributed by atoms with Gasteiger partial charge >= 0.3 is 31.1 Å². The molecule has 0 N–H and O–H groups in total. The molecule has 0 bridgehead atoms. The fourth-order valence-electron chi connectivity index (χ4n) is 0.727. The Hall–Kier alpha value is -0.388. The summed E-state index contributed by atoms with van der Waals surface area (Å²) in [6.07, 6.45) is 0. The molecule has 1 aromatic rings. The number of anilines is 1. The third-order valence-electron chi connectivity index (χ3n) is 1.43. The summed E-state index contributed by atoms with van der Waals surface area (Å²) in [5, 5.41) is 0. The van der Waals surface area contributed by atoms with Gasteiger partial charge in [0, 0.05) is 7.05 Å². The largest absolute Gasteiger partial charge is 2.00 e. The Bertz CT molecular complexity index is 248. The van der Waals surface area contributed by atoms with Crippen LogP contribution in [-0.4, -0.2) is 13.0 Å². The van der Waals surface area contributed by atoms with Gasteiger partial charge in [0.1, 0.15) is 0 Å². The molecule has 0 atom stereocenters. The Morgan fingerprint density at radius 2 is 2.25 bits per heavy atom. The van der Waals surface area contributed by atoms with E-state index in [0.717, 1.165) is 5.69 Å². The topological polar surface area (TPSA) is 20.3 Å². The zero-order valence-electron chi connectivity index (χ0n) is 6.87. The maximum Gasteiger partial charge on any atom is 2.00 e. The normalized spacial score (nSPS) is 8.42. The van der Waals surface area contributed by atoms with E-state index in [-0.39, 0.29) is 37.0 Å². The number of benzene rings is 1. The van der Waals surface area contributed by atoms with Crippen molar-refractivity contribution in [2.45, 2.75) is 0 Å². The number of para-hydroxylation sites is 1. The molecule has 0 saturated carbocycles. The van der Waals surface area contributed by atoms with Crippen LogP contribution in [0.4, 0.5) is 5.69 Å². The molecule has 2 nitrogen and oxygen atoms in total. The van der Waals surface area contributed by atoms with E-state index in [4.69, 9.17) is 0 Å². The Balaban J connectivity index is 0.00000121. The van der Waals surface area contributed by atoms with Crippen LogP contribution in [0.3, 0.4) is 0 Å². The molecule has 1 aromatic carbocycles. The smallest absolute Gasteiger partial charge is 0.364 e. The van der Waals surface area contributed by atoms with Crippen LogP contribution in [-0.2, 0) is 4.79 Å². The molecule has 0 radical (unpaired) electrons. The Kier molecular flexibility index (Phi) is 5.12. The molecule has 3 heteroatoms. The van der Waals surface area contributed by atoms with Gasteiger partial charge in [0.05, 0.1) is 5.91 Å².